The van der Waals surface area contributed by atoms with E-state index < -0.39 is 0 Å². The Bertz CT molecular complexity index is 1100. The molecular formula is C24H26N2O4. The van der Waals surface area contributed by atoms with E-state index in [0.717, 1.165) is 41.2 Å². The number of H-pyrrole nitrogens is 1. The quantitative estimate of drug-likeness (QED) is 0.711. The minimum absolute atomic E-state index is 0.0378. The Hall–Kier alpha value is -3.15. The summed E-state index contributed by atoms with van der Waals surface area (Å²) in [5.41, 5.74) is 4.61. The lowest BCUT2D eigenvalue weighted by Crippen LogP contribution is -2.38. The second-order valence-corrected chi connectivity index (χ2v) is 7.88. The number of rotatable bonds is 4. The van der Waals surface area contributed by atoms with Gasteiger partial charge in [-0.25, -0.2) is 0 Å². The zero-order valence-corrected chi connectivity index (χ0v) is 17.4. The minimum atomic E-state index is 0.0378. The van der Waals surface area contributed by atoms with Crippen molar-refractivity contribution in [1.82, 2.24) is 9.88 Å². The van der Waals surface area contributed by atoms with Gasteiger partial charge in [-0.15, -0.1) is 0 Å². The van der Waals surface area contributed by atoms with E-state index in [-0.39, 0.29) is 11.9 Å². The van der Waals surface area contributed by atoms with Crippen molar-refractivity contribution in [2.75, 3.05) is 26.9 Å². The van der Waals surface area contributed by atoms with E-state index in [9.17, 15) is 4.79 Å². The van der Waals surface area contributed by atoms with E-state index in [1.54, 1.807) is 7.11 Å². The Kier molecular flexibility index (Phi) is 4.77. The van der Waals surface area contributed by atoms with Crippen molar-refractivity contribution in [3.63, 3.8) is 0 Å². The van der Waals surface area contributed by atoms with Crippen molar-refractivity contribution in [1.29, 1.82) is 0 Å². The van der Waals surface area contributed by atoms with Crippen molar-refractivity contribution in [3.05, 3.63) is 53.2 Å². The summed E-state index contributed by atoms with van der Waals surface area (Å²) in [7, 11) is 1.64. The number of methoxy groups -OCH3 is 1. The third kappa shape index (κ3) is 3.16. The van der Waals surface area contributed by atoms with Crippen LogP contribution in [0, 0.1) is 0 Å². The predicted molar refractivity (Wildman–Crippen MR) is 114 cm³/mol. The van der Waals surface area contributed by atoms with E-state index in [1.807, 2.05) is 23.1 Å². The number of ether oxygens (including phenoxy) is 3. The normalized spacial score (nSPS) is 17.7. The second-order valence-electron chi connectivity index (χ2n) is 7.88. The first-order chi connectivity index (χ1) is 14.7. The van der Waals surface area contributed by atoms with Crippen LogP contribution in [0.3, 0.4) is 0 Å². The van der Waals surface area contributed by atoms with Crippen molar-refractivity contribution >= 4 is 16.8 Å². The number of para-hydroxylation sites is 1. The highest BCUT2D eigenvalue weighted by atomic mass is 16.6. The van der Waals surface area contributed by atoms with Gasteiger partial charge in [0, 0.05) is 35.6 Å². The van der Waals surface area contributed by atoms with Crippen molar-refractivity contribution in [2.24, 2.45) is 0 Å². The number of benzene rings is 2. The van der Waals surface area contributed by atoms with Crippen LogP contribution in [0.5, 0.6) is 17.2 Å². The topological polar surface area (TPSA) is 63.8 Å². The van der Waals surface area contributed by atoms with Gasteiger partial charge in [0.15, 0.2) is 11.5 Å². The number of carbonyl (C=O) groups is 1. The third-order valence-corrected chi connectivity index (χ3v) is 6.21. The first kappa shape index (κ1) is 18.9. The van der Waals surface area contributed by atoms with Crippen LogP contribution in [0.15, 0.2) is 36.4 Å². The fourth-order valence-corrected chi connectivity index (χ4v) is 4.65. The van der Waals surface area contributed by atoms with E-state index >= 15 is 0 Å². The number of aromatic nitrogens is 1. The Morgan fingerprint density at radius 3 is 2.77 bits per heavy atom. The number of hydrogen-bond donors (Lipinski definition) is 1. The standard InChI is InChI=1S/C24H26N2O4/c1-15-24-18(17-5-3-4-6-19(17)25-24)9-10-26(15)23(27)8-7-16-13-21-22(14-20(16)28-2)30-12-11-29-21/h3-6,13-15,25H,7-12H2,1-2H3/t15-/m1/s1. The molecule has 3 heterocycles. The van der Waals surface area contributed by atoms with Gasteiger partial charge < -0.3 is 24.1 Å². The Labute approximate surface area is 175 Å². The fourth-order valence-electron chi connectivity index (χ4n) is 4.65. The number of nitrogens with zero attached hydrogens (tertiary/aromatic N) is 1. The highest BCUT2D eigenvalue weighted by Crippen LogP contribution is 2.38. The van der Waals surface area contributed by atoms with Crippen LogP contribution in [0.25, 0.3) is 10.9 Å². The molecule has 156 valence electrons. The average Bonchev–Trinajstić information content (AvgIpc) is 3.17. The van der Waals surface area contributed by atoms with Crippen molar-refractivity contribution in [2.45, 2.75) is 32.2 Å². The van der Waals surface area contributed by atoms with Gasteiger partial charge >= 0.3 is 0 Å². The number of aryl methyl sites for hydroxylation is 1. The van der Waals surface area contributed by atoms with Gasteiger partial charge in [0.25, 0.3) is 0 Å². The summed E-state index contributed by atoms with van der Waals surface area (Å²) >= 11 is 0. The van der Waals surface area contributed by atoms with Crippen LogP contribution in [0.4, 0.5) is 0 Å². The predicted octanol–water partition coefficient (Wildman–Crippen LogP) is 4.03. The molecule has 1 N–H and O–H groups in total. The van der Waals surface area contributed by atoms with E-state index in [2.05, 4.69) is 30.1 Å². The molecule has 1 amide bonds. The van der Waals surface area contributed by atoms with Crippen molar-refractivity contribution < 1.29 is 19.0 Å². The number of nitrogens with one attached hydrogen (secondary N) is 1. The minimum Gasteiger partial charge on any atom is -0.496 e. The maximum atomic E-state index is 13.1. The molecule has 3 aromatic rings. The monoisotopic (exact) mass is 406 g/mol. The van der Waals surface area contributed by atoms with Gasteiger partial charge in [-0.05, 0) is 43.0 Å². The zero-order chi connectivity index (χ0) is 20.7. The van der Waals surface area contributed by atoms with Crippen LogP contribution >= 0.6 is 0 Å². The molecule has 0 saturated heterocycles. The number of amides is 1. The molecule has 0 radical (unpaired) electrons. The lowest BCUT2D eigenvalue weighted by Gasteiger charge is -2.34. The Balaban J connectivity index is 1.33. The molecule has 0 saturated carbocycles. The molecule has 5 rings (SSSR count). The molecule has 0 bridgehead atoms. The van der Waals surface area contributed by atoms with Crippen LogP contribution in [-0.4, -0.2) is 42.7 Å². The molecule has 0 aliphatic carbocycles. The molecule has 0 unspecified atom stereocenters. The smallest absolute Gasteiger partial charge is 0.223 e. The Morgan fingerprint density at radius 1 is 1.20 bits per heavy atom. The molecule has 6 nitrogen and oxygen atoms in total. The van der Waals surface area contributed by atoms with Gasteiger partial charge in [0.2, 0.25) is 5.91 Å². The van der Waals surface area contributed by atoms with Crippen LogP contribution in [0.2, 0.25) is 0 Å². The summed E-state index contributed by atoms with van der Waals surface area (Å²) in [6.07, 6.45) is 1.90. The summed E-state index contributed by atoms with van der Waals surface area (Å²) in [4.78, 5) is 18.6. The Morgan fingerprint density at radius 2 is 1.97 bits per heavy atom. The van der Waals surface area contributed by atoms with Gasteiger partial charge in [0.05, 0.1) is 13.2 Å². The number of aromatic amines is 1. The second kappa shape index (κ2) is 7.59. The zero-order valence-electron chi connectivity index (χ0n) is 17.4. The summed E-state index contributed by atoms with van der Waals surface area (Å²) in [6, 6.07) is 12.2. The molecule has 0 fully saturated rings. The lowest BCUT2D eigenvalue weighted by atomic mass is 9.97. The molecular weight excluding hydrogens is 380 g/mol. The van der Waals surface area contributed by atoms with E-state index in [4.69, 9.17) is 14.2 Å². The summed E-state index contributed by atoms with van der Waals surface area (Å²) < 4.78 is 16.8. The van der Waals surface area contributed by atoms with Crippen molar-refractivity contribution in [3.8, 4) is 17.2 Å². The highest BCUT2D eigenvalue weighted by molar-refractivity contribution is 5.86. The summed E-state index contributed by atoms with van der Waals surface area (Å²) in [5, 5.41) is 1.27. The molecule has 2 aliphatic rings. The molecule has 1 atom stereocenters. The van der Waals surface area contributed by atoms with Gasteiger partial charge in [-0.3, -0.25) is 4.79 Å². The highest BCUT2D eigenvalue weighted by Gasteiger charge is 2.30. The summed E-state index contributed by atoms with van der Waals surface area (Å²) in [6.45, 7) is 3.93. The number of hydrogen-bond acceptors (Lipinski definition) is 4. The first-order valence-electron chi connectivity index (χ1n) is 10.5. The average molecular weight is 406 g/mol. The van der Waals surface area contributed by atoms with Gasteiger partial charge in [-0.1, -0.05) is 18.2 Å². The van der Waals surface area contributed by atoms with Crippen LogP contribution < -0.4 is 14.2 Å². The lowest BCUT2D eigenvalue weighted by molar-refractivity contribution is -0.133. The third-order valence-electron chi connectivity index (χ3n) is 6.21. The molecule has 6 heteroatoms. The van der Waals surface area contributed by atoms with Crippen LogP contribution in [-0.2, 0) is 17.6 Å². The molecule has 2 aromatic carbocycles. The SMILES string of the molecule is COc1cc2c(cc1CCC(=O)N1CCc3c([nH]c4ccccc34)[C@H]1C)OCCO2. The molecule has 2 aliphatic heterocycles. The van der Waals surface area contributed by atoms with Gasteiger partial charge in [0.1, 0.15) is 19.0 Å². The van der Waals surface area contributed by atoms with E-state index in [1.165, 1.54) is 10.9 Å². The molecule has 0 spiro atoms. The first-order valence-corrected chi connectivity index (χ1v) is 10.5. The van der Waals surface area contributed by atoms with Crippen LogP contribution in [0.1, 0.15) is 36.2 Å². The maximum Gasteiger partial charge on any atom is 0.223 e. The number of carbonyl (C=O) groups excluding carboxylic acids is 1. The van der Waals surface area contributed by atoms with E-state index in [0.29, 0.717) is 31.8 Å². The largest absolute Gasteiger partial charge is 0.496 e. The molecule has 1 aromatic heterocycles. The molecule has 30 heavy (non-hydrogen) atoms. The summed E-state index contributed by atoms with van der Waals surface area (Å²) in [5.74, 6) is 2.31. The maximum absolute atomic E-state index is 13.1. The fraction of sp³-hybridized carbons (Fsp3) is 0.375. The number of fused-ring (bicyclic) bond motifs is 4. The van der Waals surface area contributed by atoms with Gasteiger partial charge in [-0.2, -0.15) is 0 Å².